The normalized spacial score (nSPS) is 14.2. The van der Waals surface area contributed by atoms with Gasteiger partial charge in [0.1, 0.15) is 11.6 Å². The first-order chi connectivity index (χ1) is 13.8. The Morgan fingerprint density at radius 1 is 1.23 bits per heavy atom. The highest BCUT2D eigenvalue weighted by Crippen LogP contribution is 2.30. The molecular weight excluding hydrogens is 453 g/mol. The first-order valence-electron chi connectivity index (χ1n) is 9.32. The van der Waals surface area contributed by atoms with Crippen molar-refractivity contribution >= 4 is 39.1 Å². The minimum absolute atomic E-state index is 0.0287. The third kappa shape index (κ3) is 6.33. The number of nitrogens with zero attached hydrogens (tertiary/aromatic N) is 2. The van der Waals surface area contributed by atoms with E-state index in [2.05, 4.69) is 15.5 Å². The molecule has 8 nitrogen and oxygen atoms in total. The molecule has 1 heterocycles. The number of halogens is 2. The minimum Gasteiger partial charge on any atom is -0.444 e. The Morgan fingerprint density at radius 2 is 1.83 bits per heavy atom. The van der Waals surface area contributed by atoms with Crippen LogP contribution < -0.4 is 5.32 Å². The molecule has 0 aliphatic heterocycles. The van der Waals surface area contributed by atoms with Gasteiger partial charge in [-0.1, -0.05) is 54.6 Å². The molecular formula is C19H25Cl2N3O5S. The fourth-order valence-electron chi connectivity index (χ4n) is 2.51. The van der Waals surface area contributed by atoms with Gasteiger partial charge < -0.3 is 14.5 Å². The van der Waals surface area contributed by atoms with Gasteiger partial charge in [-0.15, -0.1) is 5.10 Å². The second-order valence-electron chi connectivity index (χ2n) is 7.87. The van der Waals surface area contributed by atoms with E-state index in [0.717, 1.165) is 0 Å². The highest BCUT2D eigenvalue weighted by atomic mass is 35.5. The van der Waals surface area contributed by atoms with Gasteiger partial charge in [0, 0.05) is 15.6 Å². The Hall–Kier alpha value is -1.84. The van der Waals surface area contributed by atoms with Gasteiger partial charge in [0.15, 0.2) is 0 Å². The number of nitrogens with one attached hydrogen (secondary N) is 1. The Morgan fingerprint density at radius 3 is 2.37 bits per heavy atom. The zero-order chi connectivity index (χ0) is 22.7. The summed E-state index contributed by atoms with van der Waals surface area (Å²) in [6.07, 6.45) is -0.00146. The highest BCUT2D eigenvalue weighted by Gasteiger charge is 2.31. The fraction of sp³-hybridized carbons (Fsp3) is 0.526. The van der Waals surface area contributed by atoms with Gasteiger partial charge in [0.2, 0.25) is 15.7 Å². The molecule has 2 rings (SSSR count). The number of carbonyl (C=O) groups is 1. The van der Waals surface area contributed by atoms with Crippen LogP contribution in [0.2, 0.25) is 10.0 Å². The van der Waals surface area contributed by atoms with Crippen LogP contribution in [0.15, 0.2) is 27.8 Å². The maximum Gasteiger partial charge on any atom is 0.408 e. The average molecular weight is 478 g/mol. The van der Waals surface area contributed by atoms with Gasteiger partial charge in [-0.3, -0.25) is 0 Å². The van der Waals surface area contributed by atoms with Gasteiger partial charge in [0.05, 0.1) is 5.75 Å². The van der Waals surface area contributed by atoms with Crippen molar-refractivity contribution in [3.8, 4) is 0 Å². The Labute approximate surface area is 186 Å². The molecule has 1 amide bonds. The lowest BCUT2D eigenvalue weighted by Crippen LogP contribution is -2.37. The first kappa shape index (κ1) is 24.4. The number of carbonyl (C=O) groups excluding carboxylic acids is 1. The average Bonchev–Trinajstić information content (AvgIpc) is 3.11. The summed E-state index contributed by atoms with van der Waals surface area (Å²) in [7, 11) is -4.01. The van der Waals surface area contributed by atoms with Crippen LogP contribution in [-0.4, -0.2) is 30.3 Å². The van der Waals surface area contributed by atoms with E-state index >= 15 is 0 Å². The van der Waals surface area contributed by atoms with Crippen LogP contribution >= 0.6 is 23.2 Å². The van der Waals surface area contributed by atoms with E-state index in [1.165, 1.54) is 0 Å². The van der Waals surface area contributed by atoms with Gasteiger partial charge in [-0.25, -0.2) is 13.2 Å². The number of ether oxygens (including phenoxy) is 1. The van der Waals surface area contributed by atoms with Crippen LogP contribution in [0.5, 0.6) is 0 Å². The molecule has 1 aromatic heterocycles. The number of aromatic nitrogens is 2. The number of sulfone groups is 1. The molecule has 0 aliphatic carbocycles. The predicted octanol–water partition coefficient (Wildman–Crippen LogP) is 4.96. The summed E-state index contributed by atoms with van der Waals surface area (Å²) < 4.78 is 36.3. The topological polar surface area (TPSA) is 111 Å². The SMILES string of the molecule is CC[C@@H](C)[C@@H](NC(=O)OC(C)(C)C)c1nnc(S(=O)(=O)Cc2c(Cl)cccc2Cl)o1. The Balaban J connectivity index is 2.29. The number of hydrogen-bond acceptors (Lipinski definition) is 7. The lowest BCUT2D eigenvalue weighted by atomic mass is 9.99. The minimum atomic E-state index is -4.01. The highest BCUT2D eigenvalue weighted by molar-refractivity contribution is 7.90. The molecule has 0 saturated heterocycles. The molecule has 0 unspecified atom stereocenters. The number of benzene rings is 1. The van der Waals surface area contributed by atoms with Gasteiger partial charge in [0.25, 0.3) is 0 Å². The summed E-state index contributed by atoms with van der Waals surface area (Å²) in [5.74, 6) is -0.647. The van der Waals surface area contributed by atoms with Crippen LogP contribution in [0.1, 0.15) is 58.5 Å². The standard InChI is InChI=1S/C19H25Cl2N3O5S/c1-6-11(2)15(22-17(25)29-19(3,4)5)16-23-24-18(28-16)30(26,27)10-12-13(20)8-7-9-14(12)21/h7-9,11,15H,6,10H2,1-5H3,(H,22,25)/t11-,15-/m1/s1. The van der Waals surface area contributed by atoms with E-state index in [0.29, 0.717) is 6.42 Å². The molecule has 1 aromatic carbocycles. The lowest BCUT2D eigenvalue weighted by Gasteiger charge is -2.24. The molecule has 0 saturated carbocycles. The van der Waals surface area contributed by atoms with Crippen LogP contribution in [-0.2, 0) is 20.3 Å². The maximum absolute atomic E-state index is 12.8. The summed E-state index contributed by atoms with van der Waals surface area (Å²) in [5.41, 5.74) is -0.451. The lowest BCUT2D eigenvalue weighted by molar-refractivity contribution is 0.0473. The van der Waals surface area contributed by atoms with E-state index in [1.807, 2.05) is 13.8 Å². The summed E-state index contributed by atoms with van der Waals surface area (Å²) in [5, 5.41) is 10.1. The van der Waals surface area contributed by atoms with E-state index < -0.39 is 38.5 Å². The number of amides is 1. The molecule has 0 bridgehead atoms. The maximum atomic E-state index is 12.8. The van der Waals surface area contributed by atoms with Gasteiger partial charge in [-0.2, -0.15) is 0 Å². The monoisotopic (exact) mass is 477 g/mol. The van der Waals surface area contributed by atoms with Crippen molar-refractivity contribution in [2.24, 2.45) is 5.92 Å². The molecule has 0 fully saturated rings. The third-order valence-corrected chi connectivity index (χ3v) is 6.31. The summed E-state index contributed by atoms with van der Waals surface area (Å²) in [6, 6.07) is 3.98. The number of rotatable bonds is 7. The van der Waals surface area contributed by atoms with Crippen molar-refractivity contribution < 1.29 is 22.4 Å². The van der Waals surface area contributed by atoms with Crippen molar-refractivity contribution in [1.29, 1.82) is 0 Å². The van der Waals surface area contributed by atoms with Crippen molar-refractivity contribution in [2.45, 2.75) is 63.7 Å². The fourth-order valence-corrected chi connectivity index (χ4v) is 4.39. The quantitative estimate of drug-likeness (QED) is 0.599. The van der Waals surface area contributed by atoms with Gasteiger partial charge >= 0.3 is 11.3 Å². The second-order valence-corrected chi connectivity index (χ2v) is 10.6. The zero-order valence-corrected chi connectivity index (χ0v) is 19.7. The van der Waals surface area contributed by atoms with Crippen molar-refractivity contribution in [3.05, 3.63) is 39.7 Å². The van der Waals surface area contributed by atoms with Crippen LogP contribution in [0, 0.1) is 5.92 Å². The van der Waals surface area contributed by atoms with E-state index in [-0.39, 0.29) is 27.4 Å². The molecule has 0 spiro atoms. The van der Waals surface area contributed by atoms with Gasteiger partial charge in [-0.05, 0) is 38.8 Å². The second kappa shape index (κ2) is 9.53. The Bertz CT molecular complexity index is 982. The molecule has 166 valence electrons. The number of hydrogen-bond donors (Lipinski definition) is 1. The number of alkyl carbamates (subject to hydrolysis) is 1. The molecule has 2 atom stereocenters. The van der Waals surface area contributed by atoms with Crippen molar-refractivity contribution in [1.82, 2.24) is 15.5 Å². The molecule has 11 heteroatoms. The van der Waals surface area contributed by atoms with Crippen LogP contribution in [0.3, 0.4) is 0 Å². The molecule has 1 N–H and O–H groups in total. The van der Waals surface area contributed by atoms with Crippen molar-refractivity contribution in [3.63, 3.8) is 0 Å². The predicted molar refractivity (Wildman–Crippen MR) is 113 cm³/mol. The summed E-state index contributed by atoms with van der Waals surface area (Å²) in [4.78, 5) is 12.2. The molecule has 30 heavy (non-hydrogen) atoms. The Kier molecular flexibility index (Phi) is 7.76. The first-order valence-corrected chi connectivity index (χ1v) is 11.7. The van der Waals surface area contributed by atoms with E-state index in [1.54, 1.807) is 39.0 Å². The zero-order valence-electron chi connectivity index (χ0n) is 17.4. The molecule has 0 radical (unpaired) electrons. The van der Waals surface area contributed by atoms with E-state index in [4.69, 9.17) is 32.4 Å². The molecule has 0 aliphatic rings. The smallest absolute Gasteiger partial charge is 0.408 e. The van der Waals surface area contributed by atoms with Crippen LogP contribution in [0.25, 0.3) is 0 Å². The largest absolute Gasteiger partial charge is 0.444 e. The third-order valence-electron chi connectivity index (χ3n) is 4.24. The molecule has 2 aromatic rings. The van der Waals surface area contributed by atoms with E-state index in [9.17, 15) is 13.2 Å². The van der Waals surface area contributed by atoms with Crippen molar-refractivity contribution in [2.75, 3.05) is 0 Å². The summed E-state index contributed by atoms with van der Waals surface area (Å²) >= 11 is 12.1. The summed E-state index contributed by atoms with van der Waals surface area (Å²) in [6.45, 7) is 9.00. The van der Waals surface area contributed by atoms with Crippen LogP contribution in [0.4, 0.5) is 4.79 Å².